The van der Waals surface area contributed by atoms with Gasteiger partial charge in [0, 0.05) is 44.1 Å². The maximum absolute atomic E-state index is 12.0. The zero-order valence-electron chi connectivity index (χ0n) is 15.9. The van der Waals surface area contributed by atoms with Gasteiger partial charge >= 0.3 is 0 Å². The highest BCUT2D eigenvalue weighted by Gasteiger charge is 2.12. The molecule has 0 heterocycles. The van der Waals surface area contributed by atoms with Gasteiger partial charge in [0.05, 0.1) is 0 Å². The summed E-state index contributed by atoms with van der Waals surface area (Å²) in [5.41, 5.74) is 4.43. The molecule has 0 atom stereocenters. The molecule has 0 bridgehead atoms. The van der Waals surface area contributed by atoms with Gasteiger partial charge in [-0.2, -0.15) is 0 Å². The van der Waals surface area contributed by atoms with Crippen molar-refractivity contribution in [3.63, 3.8) is 0 Å². The number of nitrogens with zero attached hydrogens (tertiary/aromatic N) is 1. The Morgan fingerprint density at radius 3 is 2.00 bits per heavy atom. The highest BCUT2D eigenvalue weighted by molar-refractivity contribution is 5.91. The number of carbonyl (C=O) groups is 1. The smallest absolute Gasteiger partial charge is 0.226 e. The van der Waals surface area contributed by atoms with Crippen molar-refractivity contribution in [1.82, 2.24) is 0 Å². The van der Waals surface area contributed by atoms with Crippen molar-refractivity contribution in [2.24, 2.45) is 0 Å². The van der Waals surface area contributed by atoms with Gasteiger partial charge in [0.1, 0.15) is 0 Å². The first-order chi connectivity index (χ1) is 11.8. The fourth-order valence-corrected chi connectivity index (χ4v) is 2.47. The van der Waals surface area contributed by atoms with E-state index in [2.05, 4.69) is 55.7 Å². The summed E-state index contributed by atoms with van der Waals surface area (Å²) in [4.78, 5) is 14.1. The molecule has 0 aliphatic rings. The lowest BCUT2D eigenvalue weighted by Crippen LogP contribution is -2.16. The third-order valence-electron chi connectivity index (χ3n) is 4.10. The number of hydrogen-bond donors (Lipinski definition) is 2. The third kappa shape index (κ3) is 5.82. The molecule has 4 nitrogen and oxygen atoms in total. The Bertz CT molecular complexity index is 683. The highest BCUT2D eigenvalue weighted by atomic mass is 16.1. The van der Waals surface area contributed by atoms with Crippen LogP contribution in [-0.4, -0.2) is 26.5 Å². The van der Waals surface area contributed by atoms with Gasteiger partial charge in [-0.25, -0.2) is 0 Å². The van der Waals surface area contributed by atoms with Crippen LogP contribution in [0.2, 0.25) is 0 Å². The molecule has 0 spiro atoms. The minimum atomic E-state index is 0.0106. The van der Waals surface area contributed by atoms with Crippen molar-refractivity contribution >= 4 is 23.0 Å². The summed E-state index contributed by atoms with van der Waals surface area (Å²) in [6.45, 7) is 7.21. The van der Waals surface area contributed by atoms with Crippen LogP contribution in [0.3, 0.4) is 0 Å². The second-order valence-electron chi connectivity index (χ2n) is 7.49. The van der Waals surface area contributed by atoms with E-state index in [-0.39, 0.29) is 11.3 Å². The quantitative estimate of drug-likeness (QED) is 0.815. The van der Waals surface area contributed by atoms with Crippen LogP contribution in [0.5, 0.6) is 0 Å². The summed E-state index contributed by atoms with van der Waals surface area (Å²) in [7, 11) is 3.99. The van der Waals surface area contributed by atoms with E-state index in [1.807, 2.05) is 43.3 Å². The minimum absolute atomic E-state index is 0.0106. The lowest BCUT2D eigenvalue weighted by molar-refractivity contribution is -0.115. The minimum Gasteiger partial charge on any atom is -0.385 e. The Hall–Kier alpha value is -2.49. The Morgan fingerprint density at radius 2 is 1.48 bits per heavy atom. The van der Waals surface area contributed by atoms with E-state index < -0.39 is 0 Å². The van der Waals surface area contributed by atoms with Crippen LogP contribution in [-0.2, 0) is 10.2 Å². The topological polar surface area (TPSA) is 44.4 Å². The van der Waals surface area contributed by atoms with Gasteiger partial charge < -0.3 is 15.5 Å². The standard InChI is InChI=1S/C21H29N3O/c1-21(2,3)16-6-8-17(9-7-16)22-15-14-20(25)23-18-10-12-19(13-11-18)24(4)5/h6-13,22H,14-15H2,1-5H3,(H,23,25). The van der Waals surface area contributed by atoms with Crippen LogP contribution in [0.25, 0.3) is 0 Å². The largest absolute Gasteiger partial charge is 0.385 e. The van der Waals surface area contributed by atoms with Crippen LogP contribution < -0.4 is 15.5 Å². The van der Waals surface area contributed by atoms with Gasteiger partial charge in [-0.15, -0.1) is 0 Å². The molecule has 4 heteroatoms. The summed E-state index contributed by atoms with van der Waals surface area (Å²) >= 11 is 0. The molecule has 25 heavy (non-hydrogen) atoms. The zero-order valence-corrected chi connectivity index (χ0v) is 15.9. The molecule has 0 aliphatic carbocycles. The molecule has 0 radical (unpaired) electrons. The molecule has 2 aromatic carbocycles. The number of rotatable bonds is 6. The van der Waals surface area contributed by atoms with Crippen molar-refractivity contribution in [2.45, 2.75) is 32.6 Å². The van der Waals surface area contributed by atoms with E-state index in [0.717, 1.165) is 17.1 Å². The van der Waals surface area contributed by atoms with Crippen LogP contribution >= 0.6 is 0 Å². The fourth-order valence-electron chi connectivity index (χ4n) is 2.47. The van der Waals surface area contributed by atoms with Crippen molar-refractivity contribution in [3.8, 4) is 0 Å². The summed E-state index contributed by atoms with van der Waals surface area (Å²) in [5.74, 6) is 0.0106. The van der Waals surface area contributed by atoms with E-state index in [1.165, 1.54) is 5.56 Å². The lowest BCUT2D eigenvalue weighted by atomic mass is 9.87. The SMILES string of the molecule is CN(C)c1ccc(NC(=O)CCNc2ccc(C(C)(C)C)cc2)cc1. The van der Waals surface area contributed by atoms with Gasteiger partial charge in [-0.05, 0) is 47.4 Å². The fraction of sp³-hybridized carbons (Fsp3) is 0.381. The number of carbonyl (C=O) groups excluding carboxylic acids is 1. The number of hydrogen-bond acceptors (Lipinski definition) is 3. The number of amides is 1. The predicted octanol–water partition coefficient (Wildman–Crippen LogP) is 4.49. The molecule has 0 fully saturated rings. The van der Waals surface area contributed by atoms with Crippen molar-refractivity contribution < 1.29 is 4.79 Å². The highest BCUT2D eigenvalue weighted by Crippen LogP contribution is 2.23. The van der Waals surface area contributed by atoms with Gasteiger partial charge in [0.15, 0.2) is 0 Å². The molecule has 1 amide bonds. The molecule has 0 aromatic heterocycles. The summed E-state index contributed by atoms with van der Waals surface area (Å²) < 4.78 is 0. The monoisotopic (exact) mass is 339 g/mol. The number of benzene rings is 2. The molecule has 134 valence electrons. The first-order valence-electron chi connectivity index (χ1n) is 8.67. The van der Waals surface area contributed by atoms with Gasteiger partial charge in [0.25, 0.3) is 0 Å². The van der Waals surface area contributed by atoms with E-state index in [4.69, 9.17) is 0 Å². The maximum Gasteiger partial charge on any atom is 0.226 e. The normalized spacial score (nSPS) is 11.1. The molecule has 0 saturated heterocycles. The first-order valence-corrected chi connectivity index (χ1v) is 8.67. The zero-order chi connectivity index (χ0) is 18.4. The Morgan fingerprint density at radius 1 is 0.920 bits per heavy atom. The second kappa shape index (κ2) is 8.06. The van der Waals surface area contributed by atoms with E-state index in [1.54, 1.807) is 0 Å². The summed E-state index contributed by atoms with van der Waals surface area (Å²) in [6, 6.07) is 16.2. The molecule has 0 aliphatic heterocycles. The Kier molecular flexibility index (Phi) is 6.07. The lowest BCUT2D eigenvalue weighted by Gasteiger charge is -2.19. The number of nitrogens with one attached hydrogen (secondary N) is 2. The van der Waals surface area contributed by atoms with Gasteiger partial charge in [-0.3, -0.25) is 4.79 Å². The molecule has 2 rings (SSSR count). The molecular formula is C21H29N3O. The molecule has 0 saturated carbocycles. The Labute approximate surface area is 151 Å². The van der Waals surface area contributed by atoms with Crippen molar-refractivity contribution in [2.75, 3.05) is 36.2 Å². The van der Waals surface area contributed by atoms with E-state index in [0.29, 0.717) is 13.0 Å². The van der Waals surface area contributed by atoms with Crippen molar-refractivity contribution in [1.29, 1.82) is 0 Å². The van der Waals surface area contributed by atoms with E-state index in [9.17, 15) is 4.79 Å². The van der Waals surface area contributed by atoms with Crippen LogP contribution in [0.1, 0.15) is 32.8 Å². The summed E-state index contributed by atoms with van der Waals surface area (Å²) in [5, 5.41) is 6.22. The van der Waals surface area contributed by atoms with E-state index >= 15 is 0 Å². The summed E-state index contributed by atoms with van der Waals surface area (Å²) in [6.07, 6.45) is 0.427. The van der Waals surface area contributed by atoms with Crippen molar-refractivity contribution in [3.05, 3.63) is 54.1 Å². The second-order valence-corrected chi connectivity index (χ2v) is 7.49. The average molecular weight is 339 g/mol. The molecule has 2 aromatic rings. The molecular weight excluding hydrogens is 310 g/mol. The van der Waals surface area contributed by atoms with Crippen LogP contribution in [0.15, 0.2) is 48.5 Å². The molecule has 0 unspecified atom stereocenters. The van der Waals surface area contributed by atoms with Crippen LogP contribution in [0, 0.1) is 0 Å². The average Bonchev–Trinajstić information content (AvgIpc) is 2.55. The molecule has 2 N–H and O–H groups in total. The third-order valence-corrected chi connectivity index (χ3v) is 4.10. The number of anilines is 3. The Balaban J connectivity index is 1.78. The first kappa shape index (κ1) is 18.8. The van der Waals surface area contributed by atoms with Crippen LogP contribution in [0.4, 0.5) is 17.1 Å². The maximum atomic E-state index is 12.0. The van der Waals surface area contributed by atoms with Gasteiger partial charge in [0.2, 0.25) is 5.91 Å². The van der Waals surface area contributed by atoms with Gasteiger partial charge in [-0.1, -0.05) is 32.9 Å². The predicted molar refractivity (Wildman–Crippen MR) is 108 cm³/mol.